The van der Waals surface area contributed by atoms with Crippen LogP contribution >= 0.6 is 15.9 Å². The number of hydrogen-bond donors (Lipinski definition) is 1. The van der Waals surface area contributed by atoms with E-state index in [2.05, 4.69) is 20.7 Å². The minimum atomic E-state index is -3.88. The molecule has 0 saturated heterocycles. The smallest absolute Gasteiger partial charge is 0.273 e. The minimum Gasteiger partial charge on any atom is -0.273 e. The van der Waals surface area contributed by atoms with Crippen molar-refractivity contribution in [1.29, 1.82) is 0 Å². The highest BCUT2D eigenvalue weighted by molar-refractivity contribution is 9.10. The third kappa shape index (κ3) is 3.63. The number of hydrogen-bond acceptors (Lipinski definition) is 4. The maximum absolute atomic E-state index is 12.3. The van der Waals surface area contributed by atoms with Crippen LogP contribution in [-0.4, -0.2) is 13.3 Å². The summed E-state index contributed by atoms with van der Waals surface area (Å²) < 4.78 is 27.4. The Morgan fingerprint density at radius 1 is 1.18 bits per heavy atom. The number of nitro benzene ring substituents is 1. The maximum Gasteiger partial charge on any atom is 0.294 e. The molecule has 22 heavy (non-hydrogen) atoms. The zero-order chi connectivity index (χ0) is 16.3. The highest BCUT2D eigenvalue weighted by atomic mass is 79.9. The lowest BCUT2D eigenvalue weighted by Gasteiger charge is -2.09. The first kappa shape index (κ1) is 16.4. The fourth-order valence-corrected chi connectivity index (χ4v) is 3.27. The molecule has 2 rings (SSSR count). The zero-order valence-electron chi connectivity index (χ0n) is 11.6. The van der Waals surface area contributed by atoms with Gasteiger partial charge in [-0.3, -0.25) is 14.8 Å². The Kier molecular flexibility index (Phi) is 4.82. The van der Waals surface area contributed by atoms with Crippen LogP contribution in [-0.2, 0) is 16.4 Å². The van der Waals surface area contributed by atoms with Crippen molar-refractivity contribution in [3.8, 4) is 0 Å². The van der Waals surface area contributed by atoms with Crippen LogP contribution in [0.4, 0.5) is 11.4 Å². The average Bonchev–Trinajstić information content (AvgIpc) is 2.48. The normalized spacial score (nSPS) is 11.2. The Morgan fingerprint density at radius 3 is 2.36 bits per heavy atom. The Bertz CT molecular complexity index is 804. The van der Waals surface area contributed by atoms with Crippen LogP contribution in [0.1, 0.15) is 12.5 Å². The molecule has 8 heteroatoms. The summed E-state index contributed by atoms with van der Waals surface area (Å²) in [4.78, 5) is 10.5. The lowest BCUT2D eigenvalue weighted by atomic mass is 10.2. The first-order valence-electron chi connectivity index (χ1n) is 6.39. The Hall–Kier alpha value is -1.93. The summed E-state index contributed by atoms with van der Waals surface area (Å²) in [6.45, 7) is 1.97. The molecule has 0 aliphatic heterocycles. The van der Waals surface area contributed by atoms with Gasteiger partial charge in [0.2, 0.25) is 0 Å². The molecule has 1 N–H and O–H groups in total. The number of nitrogens with one attached hydrogen (secondary N) is 1. The quantitative estimate of drug-likeness (QED) is 0.628. The van der Waals surface area contributed by atoms with Gasteiger partial charge in [0.25, 0.3) is 15.7 Å². The zero-order valence-corrected chi connectivity index (χ0v) is 14.0. The second kappa shape index (κ2) is 6.45. The van der Waals surface area contributed by atoms with Gasteiger partial charge >= 0.3 is 0 Å². The summed E-state index contributed by atoms with van der Waals surface area (Å²) in [6.07, 6.45) is 0.798. The first-order chi connectivity index (χ1) is 10.3. The van der Waals surface area contributed by atoms with Crippen molar-refractivity contribution in [3.63, 3.8) is 0 Å². The van der Waals surface area contributed by atoms with Crippen LogP contribution in [0.3, 0.4) is 0 Å². The van der Waals surface area contributed by atoms with E-state index in [-0.39, 0.29) is 16.3 Å². The maximum atomic E-state index is 12.3. The van der Waals surface area contributed by atoms with Crippen LogP contribution in [0, 0.1) is 10.1 Å². The fourth-order valence-electron chi connectivity index (χ4n) is 1.85. The molecule has 0 amide bonds. The van der Waals surface area contributed by atoms with E-state index in [0.717, 1.165) is 12.0 Å². The third-order valence-electron chi connectivity index (χ3n) is 3.04. The van der Waals surface area contributed by atoms with Crippen molar-refractivity contribution in [2.75, 3.05) is 4.72 Å². The van der Waals surface area contributed by atoms with Gasteiger partial charge in [0.1, 0.15) is 5.69 Å². The molecular formula is C14H13BrN2O4S. The number of aryl methyl sites for hydroxylation is 1. The monoisotopic (exact) mass is 384 g/mol. The summed E-state index contributed by atoms with van der Waals surface area (Å²) in [5.41, 5.74) is 0.615. The van der Waals surface area contributed by atoms with E-state index in [0.29, 0.717) is 4.47 Å². The number of benzene rings is 2. The molecule has 6 nitrogen and oxygen atoms in total. The summed E-state index contributed by atoms with van der Waals surface area (Å²) in [5.74, 6) is 0. The number of nitrogens with zero attached hydrogens (tertiary/aromatic N) is 1. The molecule has 0 fully saturated rings. The minimum absolute atomic E-state index is 0.0573. The van der Waals surface area contributed by atoms with Gasteiger partial charge in [0.05, 0.1) is 9.82 Å². The molecule has 0 bridgehead atoms. The molecule has 116 valence electrons. The van der Waals surface area contributed by atoms with Crippen molar-refractivity contribution in [2.24, 2.45) is 0 Å². The predicted molar refractivity (Wildman–Crippen MR) is 87.4 cm³/mol. The molecule has 0 saturated carbocycles. The Balaban J connectivity index is 2.38. The molecule has 0 spiro atoms. The number of sulfonamides is 1. The topological polar surface area (TPSA) is 89.3 Å². The highest BCUT2D eigenvalue weighted by Crippen LogP contribution is 2.29. The van der Waals surface area contributed by atoms with Crippen molar-refractivity contribution in [3.05, 3.63) is 62.6 Å². The van der Waals surface area contributed by atoms with E-state index in [1.54, 1.807) is 12.1 Å². The lowest BCUT2D eigenvalue weighted by molar-refractivity contribution is -0.384. The Labute approximate surface area is 136 Å². The number of anilines is 1. The van der Waals surface area contributed by atoms with E-state index in [1.165, 1.54) is 30.3 Å². The van der Waals surface area contributed by atoms with Gasteiger partial charge in [-0.1, -0.05) is 35.0 Å². The van der Waals surface area contributed by atoms with Crippen LogP contribution in [0.25, 0.3) is 0 Å². The van der Waals surface area contributed by atoms with Crippen molar-refractivity contribution in [2.45, 2.75) is 18.2 Å². The molecule has 0 aromatic heterocycles. The molecule has 0 radical (unpaired) electrons. The van der Waals surface area contributed by atoms with Crippen LogP contribution in [0.15, 0.2) is 51.8 Å². The standard InChI is InChI=1S/C14H13BrN2O4S/c1-2-10-3-6-12(7-4-10)22(20,21)16-13-8-5-11(15)9-14(13)17(18)19/h3-9,16H,2H2,1H3. The SMILES string of the molecule is CCc1ccc(S(=O)(=O)Nc2ccc(Br)cc2[N+](=O)[O-])cc1. The fraction of sp³-hybridized carbons (Fsp3) is 0.143. The average molecular weight is 385 g/mol. The molecular weight excluding hydrogens is 372 g/mol. The molecule has 0 atom stereocenters. The van der Waals surface area contributed by atoms with Crippen LogP contribution in [0.5, 0.6) is 0 Å². The molecule has 2 aromatic carbocycles. The van der Waals surface area contributed by atoms with Gasteiger partial charge in [-0.15, -0.1) is 0 Å². The summed E-state index contributed by atoms with van der Waals surface area (Å²) in [5, 5.41) is 11.0. The second-order valence-electron chi connectivity index (χ2n) is 4.52. The predicted octanol–water partition coefficient (Wildman–Crippen LogP) is 3.72. The second-order valence-corrected chi connectivity index (χ2v) is 7.12. The molecule has 0 heterocycles. The lowest BCUT2D eigenvalue weighted by Crippen LogP contribution is -2.14. The van der Waals surface area contributed by atoms with Crippen molar-refractivity contribution in [1.82, 2.24) is 0 Å². The van der Waals surface area contributed by atoms with E-state index < -0.39 is 14.9 Å². The van der Waals surface area contributed by atoms with Gasteiger partial charge in [0, 0.05) is 10.5 Å². The van der Waals surface area contributed by atoms with E-state index in [4.69, 9.17) is 0 Å². The third-order valence-corrected chi connectivity index (χ3v) is 4.92. The number of rotatable bonds is 5. The van der Waals surface area contributed by atoms with E-state index in [1.807, 2.05) is 6.92 Å². The molecule has 0 unspecified atom stereocenters. The number of nitro groups is 1. The van der Waals surface area contributed by atoms with Gasteiger partial charge < -0.3 is 0 Å². The van der Waals surface area contributed by atoms with Crippen LogP contribution < -0.4 is 4.72 Å². The van der Waals surface area contributed by atoms with Crippen LogP contribution in [0.2, 0.25) is 0 Å². The Morgan fingerprint density at radius 2 is 1.82 bits per heavy atom. The van der Waals surface area contributed by atoms with Crippen molar-refractivity contribution >= 4 is 37.3 Å². The van der Waals surface area contributed by atoms with E-state index >= 15 is 0 Å². The molecule has 2 aromatic rings. The molecule has 0 aliphatic carbocycles. The van der Waals surface area contributed by atoms with Gasteiger partial charge in [-0.05, 0) is 36.2 Å². The summed E-state index contributed by atoms with van der Waals surface area (Å²) >= 11 is 3.12. The van der Waals surface area contributed by atoms with Gasteiger partial charge in [-0.25, -0.2) is 8.42 Å². The first-order valence-corrected chi connectivity index (χ1v) is 8.67. The van der Waals surface area contributed by atoms with Crippen molar-refractivity contribution < 1.29 is 13.3 Å². The van der Waals surface area contributed by atoms with Gasteiger partial charge in [-0.2, -0.15) is 0 Å². The summed E-state index contributed by atoms with van der Waals surface area (Å²) in [7, 11) is -3.88. The highest BCUT2D eigenvalue weighted by Gasteiger charge is 2.21. The van der Waals surface area contributed by atoms with Gasteiger partial charge in [0.15, 0.2) is 0 Å². The van der Waals surface area contributed by atoms with E-state index in [9.17, 15) is 18.5 Å². The summed E-state index contributed by atoms with van der Waals surface area (Å²) in [6, 6.07) is 10.5. The molecule has 0 aliphatic rings. The largest absolute Gasteiger partial charge is 0.294 e. The number of halogens is 1.